The number of aromatic nitrogens is 3. The van der Waals surface area contributed by atoms with E-state index in [4.69, 9.17) is 5.26 Å². The van der Waals surface area contributed by atoms with Crippen LogP contribution in [0.25, 0.3) is 0 Å². The second kappa shape index (κ2) is 5.20. The fraction of sp³-hybridized carbons (Fsp3) is 0.250. The van der Waals surface area contributed by atoms with E-state index in [1.165, 1.54) is 18.3 Å². The maximum Gasteiger partial charge on any atom is 0.284 e. The molecular weight excluding hydrogens is 264 g/mol. The lowest BCUT2D eigenvalue weighted by molar-refractivity contribution is 0.577. The number of hydrogen-bond acceptors (Lipinski definition) is 5. The van der Waals surface area contributed by atoms with E-state index in [2.05, 4.69) is 10.3 Å². The fourth-order valence-electron chi connectivity index (χ4n) is 1.51. The molecule has 0 fully saturated rings. The van der Waals surface area contributed by atoms with Crippen molar-refractivity contribution >= 4 is 10.0 Å². The van der Waals surface area contributed by atoms with Gasteiger partial charge < -0.3 is 0 Å². The fourth-order valence-corrected chi connectivity index (χ4v) is 2.60. The van der Waals surface area contributed by atoms with Crippen LogP contribution in [-0.2, 0) is 16.4 Å². The summed E-state index contributed by atoms with van der Waals surface area (Å²) >= 11 is 0. The Labute approximate surface area is 111 Å². The van der Waals surface area contributed by atoms with E-state index in [1.807, 2.05) is 13.0 Å². The maximum absolute atomic E-state index is 12.2. The highest BCUT2D eigenvalue weighted by atomic mass is 32.2. The Morgan fingerprint density at radius 1 is 1.32 bits per heavy atom. The van der Waals surface area contributed by atoms with E-state index in [-0.39, 0.29) is 11.3 Å². The zero-order valence-corrected chi connectivity index (χ0v) is 11.1. The highest BCUT2D eigenvalue weighted by molar-refractivity contribution is 7.89. The quantitative estimate of drug-likeness (QED) is 0.839. The normalized spacial score (nSPS) is 11.2. The zero-order chi connectivity index (χ0) is 13.9. The number of benzene rings is 1. The van der Waals surface area contributed by atoms with Gasteiger partial charge >= 0.3 is 0 Å². The van der Waals surface area contributed by atoms with Crippen molar-refractivity contribution in [3.8, 4) is 6.07 Å². The summed E-state index contributed by atoms with van der Waals surface area (Å²) in [5, 5.41) is 15.8. The molecule has 0 atom stereocenters. The monoisotopic (exact) mass is 276 g/mol. The molecule has 2 rings (SSSR count). The van der Waals surface area contributed by atoms with E-state index >= 15 is 0 Å². The molecule has 1 heterocycles. The molecule has 0 saturated heterocycles. The van der Waals surface area contributed by atoms with E-state index < -0.39 is 10.0 Å². The molecule has 98 valence electrons. The standard InChI is InChI=1S/C12H12N4O2S/c1-10-4-6-12(7-5-10)19(17,18)16-9-11(14-15-16)3-2-8-13/h4-7,9H,2-3H2,1H3. The molecule has 0 saturated carbocycles. The van der Waals surface area contributed by atoms with Gasteiger partial charge in [0.15, 0.2) is 0 Å². The van der Waals surface area contributed by atoms with Crippen molar-refractivity contribution < 1.29 is 8.42 Å². The second-order valence-electron chi connectivity index (χ2n) is 4.06. The van der Waals surface area contributed by atoms with Gasteiger partial charge in [-0.2, -0.15) is 13.7 Å². The van der Waals surface area contributed by atoms with Crippen molar-refractivity contribution in [3.05, 3.63) is 41.7 Å². The van der Waals surface area contributed by atoms with Crippen LogP contribution in [-0.4, -0.2) is 22.8 Å². The molecule has 1 aromatic heterocycles. The molecular formula is C12H12N4O2S. The lowest BCUT2D eigenvalue weighted by Gasteiger charge is -2.03. The minimum atomic E-state index is -3.70. The highest BCUT2D eigenvalue weighted by Gasteiger charge is 2.18. The number of nitriles is 1. The van der Waals surface area contributed by atoms with Crippen molar-refractivity contribution in [1.82, 2.24) is 14.4 Å². The lowest BCUT2D eigenvalue weighted by atomic mass is 10.2. The predicted molar refractivity (Wildman–Crippen MR) is 67.7 cm³/mol. The third-order valence-corrected chi connectivity index (χ3v) is 4.12. The Morgan fingerprint density at radius 2 is 2.00 bits per heavy atom. The van der Waals surface area contributed by atoms with Gasteiger partial charge in [0.1, 0.15) is 0 Å². The summed E-state index contributed by atoms with van der Waals surface area (Å²) in [6, 6.07) is 8.48. The number of nitrogens with zero attached hydrogens (tertiary/aromatic N) is 4. The number of rotatable bonds is 4. The minimum absolute atomic E-state index is 0.162. The third kappa shape index (κ3) is 2.80. The van der Waals surface area contributed by atoms with Crippen LogP contribution in [0.4, 0.5) is 0 Å². The lowest BCUT2D eigenvalue weighted by Crippen LogP contribution is -2.13. The van der Waals surface area contributed by atoms with Crippen molar-refractivity contribution in [2.45, 2.75) is 24.7 Å². The smallest absolute Gasteiger partial charge is 0.199 e. The summed E-state index contributed by atoms with van der Waals surface area (Å²) in [7, 11) is -3.70. The second-order valence-corrected chi connectivity index (χ2v) is 5.85. The molecule has 1 aromatic carbocycles. The molecule has 6 nitrogen and oxygen atoms in total. The molecule has 0 amide bonds. The van der Waals surface area contributed by atoms with Gasteiger partial charge in [0.2, 0.25) is 0 Å². The Hall–Kier alpha value is -2.20. The predicted octanol–water partition coefficient (Wildman–Crippen LogP) is 1.28. The molecule has 0 radical (unpaired) electrons. The first-order chi connectivity index (χ1) is 9.04. The van der Waals surface area contributed by atoms with Crippen LogP contribution >= 0.6 is 0 Å². The van der Waals surface area contributed by atoms with Crippen molar-refractivity contribution in [3.63, 3.8) is 0 Å². The Morgan fingerprint density at radius 3 is 2.63 bits per heavy atom. The van der Waals surface area contributed by atoms with Crippen molar-refractivity contribution in [1.29, 1.82) is 5.26 Å². The number of aryl methyl sites for hydroxylation is 2. The minimum Gasteiger partial charge on any atom is -0.199 e. The summed E-state index contributed by atoms with van der Waals surface area (Å²) in [5.74, 6) is 0. The van der Waals surface area contributed by atoms with E-state index in [9.17, 15) is 8.42 Å². The topological polar surface area (TPSA) is 88.6 Å². The number of hydrogen-bond donors (Lipinski definition) is 0. The van der Waals surface area contributed by atoms with Crippen LogP contribution in [0.1, 0.15) is 17.7 Å². The summed E-state index contributed by atoms with van der Waals surface area (Å²) < 4.78 is 25.3. The zero-order valence-electron chi connectivity index (χ0n) is 10.3. The summed E-state index contributed by atoms with van der Waals surface area (Å²) in [6.45, 7) is 1.88. The van der Waals surface area contributed by atoms with E-state index in [0.717, 1.165) is 9.65 Å². The Bertz CT molecular complexity index is 711. The van der Waals surface area contributed by atoms with Gasteiger partial charge in [-0.05, 0) is 19.1 Å². The van der Waals surface area contributed by atoms with E-state index in [1.54, 1.807) is 12.1 Å². The van der Waals surface area contributed by atoms with Gasteiger partial charge in [0, 0.05) is 12.8 Å². The summed E-state index contributed by atoms with van der Waals surface area (Å²) in [4.78, 5) is 0.162. The van der Waals surface area contributed by atoms with Gasteiger partial charge in [0.25, 0.3) is 10.0 Å². The Kier molecular flexibility index (Phi) is 3.62. The van der Waals surface area contributed by atoms with Gasteiger partial charge in [-0.3, -0.25) is 0 Å². The first-order valence-corrected chi connectivity index (χ1v) is 7.08. The molecule has 0 N–H and O–H groups in total. The summed E-state index contributed by atoms with van der Waals surface area (Å²) in [5.41, 5.74) is 1.46. The first-order valence-electron chi connectivity index (χ1n) is 5.64. The van der Waals surface area contributed by atoms with Crippen LogP contribution in [0, 0.1) is 18.3 Å². The molecule has 19 heavy (non-hydrogen) atoms. The van der Waals surface area contributed by atoms with Crippen LogP contribution in [0.5, 0.6) is 0 Å². The molecule has 0 spiro atoms. The van der Waals surface area contributed by atoms with Gasteiger partial charge in [-0.1, -0.05) is 22.9 Å². The maximum atomic E-state index is 12.2. The van der Waals surface area contributed by atoms with Gasteiger partial charge in [0.05, 0.1) is 22.9 Å². The SMILES string of the molecule is Cc1ccc(S(=O)(=O)n2cc(CCC#N)nn2)cc1. The van der Waals surface area contributed by atoms with Crippen molar-refractivity contribution in [2.75, 3.05) is 0 Å². The molecule has 0 unspecified atom stereocenters. The highest BCUT2D eigenvalue weighted by Crippen LogP contribution is 2.13. The molecule has 0 aliphatic heterocycles. The molecule has 0 bridgehead atoms. The van der Waals surface area contributed by atoms with Crippen LogP contribution in [0.3, 0.4) is 0 Å². The van der Waals surface area contributed by atoms with Crippen LogP contribution in [0.2, 0.25) is 0 Å². The first kappa shape index (κ1) is 13.2. The Balaban J connectivity index is 2.32. The molecule has 0 aliphatic carbocycles. The molecule has 0 aliphatic rings. The summed E-state index contributed by atoms with van der Waals surface area (Å²) in [6.07, 6.45) is 2.01. The largest absolute Gasteiger partial charge is 0.284 e. The van der Waals surface area contributed by atoms with Crippen LogP contribution in [0.15, 0.2) is 35.4 Å². The van der Waals surface area contributed by atoms with E-state index in [0.29, 0.717) is 12.1 Å². The van der Waals surface area contributed by atoms with Gasteiger partial charge in [-0.25, -0.2) is 0 Å². The molecule has 2 aromatic rings. The van der Waals surface area contributed by atoms with Gasteiger partial charge in [-0.15, -0.1) is 9.19 Å². The third-order valence-electron chi connectivity index (χ3n) is 2.58. The van der Waals surface area contributed by atoms with Crippen LogP contribution < -0.4 is 0 Å². The van der Waals surface area contributed by atoms with Crippen molar-refractivity contribution in [2.24, 2.45) is 0 Å². The molecule has 7 heteroatoms. The average Bonchev–Trinajstić information content (AvgIpc) is 2.86. The average molecular weight is 276 g/mol.